The van der Waals surface area contributed by atoms with E-state index in [4.69, 9.17) is 9.72 Å². The third kappa shape index (κ3) is 4.55. The minimum atomic E-state index is 0.0692. The van der Waals surface area contributed by atoms with Crippen molar-refractivity contribution in [3.63, 3.8) is 0 Å². The molecular formula is C30H33N3O2. The summed E-state index contributed by atoms with van der Waals surface area (Å²) >= 11 is 0. The number of aryl methyl sites for hydroxylation is 3. The summed E-state index contributed by atoms with van der Waals surface area (Å²) < 4.78 is 8.42. The average Bonchev–Trinajstić information content (AvgIpc) is 3.44. The Labute approximate surface area is 207 Å². The van der Waals surface area contributed by atoms with E-state index in [1.54, 1.807) is 0 Å². The van der Waals surface area contributed by atoms with E-state index in [1.807, 2.05) is 35.2 Å². The highest BCUT2D eigenvalue weighted by Crippen LogP contribution is 2.35. The Kier molecular flexibility index (Phi) is 6.58. The van der Waals surface area contributed by atoms with Gasteiger partial charge in [0.15, 0.2) is 0 Å². The Hall–Kier alpha value is -3.60. The van der Waals surface area contributed by atoms with Crippen molar-refractivity contribution in [2.24, 2.45) is 0 Å². The summed E-state index contributed by atoms with van der Waals surface area (Å²) in [5, 5.41) is 0. The fourth-order valence-electron chi connectivity index (χ4n) is 5.11. The largest absolute Gasteiger partial charge is 0.493 e. The van der Waals surface area contributed by atoms with Gasteiger partial charge in [-0.1, -0.05) is 49.4 Å². The predicted molar refractivity (Wildman–Crippen MR) is 141 cm³/mol. The van der Waals surface area contributed by atoms with Crippen molar-refractivity contribution >= 4 is 22.6 Å². The van der Waals surface area contributed by atoms with Crippen LogP contribution in [0, 0.1) is 13.8 Å². The van der Waals surface area contributed by atoms with Crippen molar-refractivity contribution in [3.8, 4) is 5.75 Å². The van der Waals surface area contributed by atoms with Crippen LogP contribution in [0.5, 0.6) is 5.75 Å². The lowest BCUT2D eigenvalue weighted by molar-refractivity contribution is -0.117. The zero-order valence-corrected chi connectivity index (χ0v) is 20.8. The second-order valence-electron chi connectivity index (χ2n) is 9.40. The number of anilines is 1. The fraction of sp³-hybridized carbons (Fsp3) is 0.333. The molecule has 1 aromatic heterocycles. The van der Waals surface area contributed by atoms with E-state index < -0.39 is 0 Å². The number of carbonyl (C=O) groups excluding carboxylic acids is 1. The summed E-state index contributed by atoms with van der Waals surface area (Å²) in [6.07, 6.45) is 2.26. The molecule has 1 saturated heterocycles. The quantitative estimate of drug-likeness (QED) is 0.290. The zero-order chi connectivity index (χ0) is 24.4. The molecule has 1 unspecified atom stereocenters. The molecule has 1 aliphatic rings. The molecule has 1 atom stereocenters. The molecule has 2 heterocycles. The van der Waals surface area contributed by atoms with E-state index in [0.717, 1.165) is 47.7 Å². The molecule has 0 aliphatic carbocycles. The number of amides is 1. The lowest BCUT2D eigenvalue weighted by atomic mass is 10.1. The van der Waals surface area contributed by atoms with Crippen molar-refractivity contribution in [2.75, 3.05) is 18.1 Å². The fourth-order valence-corrected chi connectivity index (χ4v) is 5.11. The van der Waals surface area contributed by atoms with E-state index in [1.165, 1.54) is 16.7 Å². The van der Waals surface area contributed by atoms with Crippen molar-refractivity contribution in [1.29, 1.82) is 0 Å². The van der Waals surface area contributed by atoms with Crippen LogP contribution in [0.2, 0.25) is 0 Å². The molecule has 1 aliphatic heterocycles. The molecule has 0 spiro atoms. The molecule has 180 valence electrons. The van der Waals surface area contributed by atoms with Crippen molar-refractivity contribution < 1.29 is 9.53 Å². The standard InChI is InChI=1S/C30H33N3O2/c1-4-23-12-5-7-14-26(23)33-20-24(19-29(33)34)30-31-25-13-6-8-15-27(25)32(30)17-10-18-35-28-16-9-11-21(2)22(28)3/h5-9,11-16,24H,4,10,17-20H2,1-3H3. The number of carbonyl (C=O) groups is 1. The van der Waals surface area contributed by atoms with Gasteiger partial charge < -0.3 is 14.2 Å². The molecule has 5 nitrogen and oxygen atoms in total. The first-order valence-corrected chi connectivity index (χ1v) is 12.6. The summed E-state index contributed by atoms with van der Waals surface area (Å²) in [5.74, 6) is 2.20. The molecule has 5 rings (SSSR count). The van der Waals surface area contributed by atoms with Gasteiger partial charge in [0.25, 0.3) is 0 Å². The second kappa shape index (κ2) is 9.95. The van der Waals surface area contributed by atoms with Crippen LogP contribution in [-0.4, -0.2) is 28.6 Å². The molecule has 0 bridgehead atoms. The molecule has 3 aromatic carbocycles. The lowest BCUT2D eigenvalue weighted by Gasteiger charge is -2.20. The lowest BCUT2D eigenvalue weighted by Crippen LogP contribution is -2.25. The zero-order valence-electron chi connectivity index (χ0n) is 20.8. The van der Waals surface area contributed by atoms with Crippen LogP contribution in [0.1, 0.15) is 48.2 Å². The highest BCUT2D eigenvalue weighted by atomic mass is 16.5. The van der Waals surface area contributed by atoms with Crippen molar-refractivity contribution in [3.05, 3.63) is 89.2 Å². The van der Waals surface area contributed by atoms with Gasteiger partial charge in [0.2, 0.25) is 5.91 Å². The first-order valence-electron chi connectivity index (χ1n) is 12.6. The highest BCUT2D eigenvalue weighted by molar-refractivity contribution is 5.97. The summed E-state index contributed by atoms with van der Waals surface area (Å²) in [5.41, 5.74) is 6.78. The summed E-state index contributed by atoms with van der Waals surface area (Å²) in [6.45, 7) is 8.45. The minimum Gasteiger partial charge on any atom is -0.493 e. The molecule has 5 heteroatoms. The maximum atomic E-state index is 13.1. The Morgan fingerprint density at radius 2 is 1.80 bits per heavy atom. The topological polar surface area (TPSA) is 47.4 Å². The van der Waals surface area contributed by atoms with Crippen molar-refractivity contribution in [2.45, 2.75) is 52.5 Å². The van der Waals surface area contributed by atoms with E-state index in [-0.39, 0.29) is 11.8 Å². The number of ether oxygens (including phenoxy) is 1. The van der Waals surface area contributed by atoms with Gasteiger partial charge in [-0.25, -0.2) is 4.98 Å². The Bertz CT molecular complexity index is 1360. The Balaban J connectivity index is 1.36. The first kappa shape index (κ1) is 23.2. The molecule has 1 fully saturated rings. The van der Waals surface area contributed by atoms with Crippen molar-refractivity contribution in [1.82, 2.24) is 9.55 Å². The van der Waals surface area contributed by atoms with Crippen LogP contribution in [0.4, 0.5) is 5.69 Å². The first-order chi connectivity index (χ1) is 17.1. The maximum Gasteiger partial charge on any atom is 0.227 e. The number of hydrogen-bond donors (Lipinski definition) is 0. The number of aromatic nitrogens is 2. The van der Waals surface area contributed by atoms with E-state index >= 15 is 0 Å². The van der Waals surface area contributed by atoms with Gasteiger partial charge in [0.1, 0.15) is 11.6 Å². The number of fused-ring (bicyclic) bond motifs is 1. The normalized spacial score (nSPS) is 15.8. The smallest absolute Gasteiger partial charge is 0.227 e. The van der Waals surface area contributed by atoms with Crippen LogP contribution in [0.15, 0.2) is 66.7 Å². The molecule has 1 amide bonds. The summed E-state index contributed by atoms with van der Waals surface area (Å²) in [4.78, 5) is 20.1. The minimum absolute atomic E-state index is 0.0692. The van der Waals surface area contributed by atoms with Gasteiger partial charge in [-0.05, 0) is 67.6 Å². The van der Waals surface area contributed by atoms with Crippen LogP contribution in [0.25, 0.3) is 11.0 Å². The number of rotatable bonds is 8. The van der Waals surface area contributed by atoms with Gasteiger partial charge in [-0.3, -0.25) is 4.79 Å². The number of imidazole rings is 1. The third-order valence-corrected chi connectivity index (χ3v) is 7.18. The van der Waals surface area contributed by atoms with Gasteiger partial charge >= 0.3 is 0 Å². The molecule has 0 saturated carbocycles. The molecule has 0 radical (unpaired) electrons. The average molecular weight is 468 g/mol. The monoisotopic (exact) mass is 467 g/mol. The van der Waals surface area contributed by atoms with E-state index in [0.29, 0.717) is 19.6 Å². The molecule has 4 aromatic rings. The third-order valence-electron chi connectivity index (χ3n) is 7.18. The number of benzene rings is 3. The van der Waals surface area contributed by atoms with Gasteiger partial charge in [0, 0.05) is 31.1 Å². The molecular weight excluding hydrogens is 434 g/mol. The van der Waals surface area contributed by atoms with E-state index in [9.17, 15) is 4.79 Å². The number of nitrogens with zero attached hydrogens (tertiary/aromatic N) is 3. The van der Waals surface area contributed by atoms with Crippen LogP contribution < -0.4 is 9.64 Å². The Morgan fingerprint density at radius 1 is 1.00 bits per heavy atom. The highest BCUT2D eigenvalue weighted by Gasteiger charge is 2.35. The maximum absolute atomic E-state index is 13.1. The van der Waals surface area contributed by atoms with Gasteiger partial charge in [-0.15, -0.1) is 0 Å². The van der Waals surface area contributed by atoms with Crippen LogP contribution >= 0.6 is 0 Å². The second-order valence-corrected chi connectivity index (χ2v) is 9.40. The van der Waals surface area contributed by atoms with Crippen LogP contribution in [0.3, 0.4) is 0 Å². The SMILES string of the molecule is CCc1ccccc1N1CC(c2nc3ccccc3n2CCCOc2cccc(C)c2C)CC1=O. The Morgan fingerprint density at radius 3 is 2.66 bits per heavy atom. The summed E-state index contributed by atoms with van der Waals surface area (Å²) in [6, 6.07) is 22.7. The summed E-state index contributed by atoms with van der Waals surface area (Å²) in [7, 11) is 0. The van der Waals surface area contributed by atoms with E-state index in [2.05, 4.69) is 61.7 Å². The number of para-hydroxylation sites is 3. The molecule has 0 N–H and O–H groups in total. The van der Waals surface area contributed by atoms with Gasteiger partial charge in [-0.2, -0.15) is 0 Å². The van der Waals surface area contributed by atoms with Gasteiger partial charge in [0.05, 0.1) is 17.6 Å². The van der Waals surface area contributed by atoms with Crippen LogP contribution in [-0.2, 0) is 17.8 Å². The predicted octanol–water partition coefficient (Wildman–Crippen LogP) is 6.21. The molecule has 35 heavy (non-hydrogen) atoms. The number of hydrogen-bond acceptors (Lipinski definition) is 3.